The summed E-state index contributed by atoms with van der Waals surface area (Å²) in [5, 5.41) is 2.85. The molecule has 0 aliphatic heterocycles. The SMILES string of the molecule is C=C[C@H]1C[C@@]1(NC(=O)C(C)(C)C)C(C)=O. The lowest BCUT2D eigenvalue weighted by molar-refractivity contribution is -0.133. The van der Waals surface area contributed by atoms with Crippen LogP contribution < -0.4 is 5.32 Å². The van der Waals surface area contributed by atoms with E-state index in [1.54, 1.807) is 6.08 Å². The van der Waals surface area contributed by atoms with Crippen molar-refractivity contribution in [3.05, 3.63) is 12.7 Å². The minimum atomic E-state index is -0.661. The summed E-state index contributed by atoms with van der Waals surface area (Å²) in [6.45, 7) is 10.7. The van der Waals surface area contributed by atoms with Crippen molar-refractivity contribution in [1.29, 1.82) is 0 Å². The first kappa shape index (κ1) is 12.0. The van der Waals surface area contributed by atoms with Crippen molar-refractivity contribution >= 4 is 11.7 Å². The highest BCUT2D eigenvalue weighted by atomic mass is 16.2. The Kier molecular flexibility index (Phi) is 2.77. The summed E-state index contributed by atoms with van der Waals surface area (Å²) < 4.78 is 0. The van der Waals surface area contributed by atoms with Gasteiger partial charge in [-0.25, -0.2) is 0 Å². The van der Waals surface area contributed by atoms with Crippen LogP contribution in [0.15, 0.2) is 12.7 Å². The van der Waals surface area contributed by atoms with Gasteiger partial charge in [0.25, 0.3) is 0 Å². The first-order chi connectivity index (χ1) is 6.74. The fourth-order valence-electron chi connectivity index (χ4n) is 1.60. The zero-order chi connectivity index (χ0) is 11.9. The van der Waals surface area contributed by atoms with Crippen LogP contribution in [0.25, 0.3) is 0 Å². The van der Waals surface area contributed by atoms with Gasteiger partial charge in [-0.1, -0.05) is 26.8 Å². The van der Waals surface area contributed by atoms with E-state index in [0.717, 1.165) is 0 Å². The molecule has 0 aromatic heterocycles. The van der Waals surface area contributed by atoms with E-state index in [1.807, 2.05) is 20.8 Å². The van der Waals surface area contributed by atoms with Gasteiger partial charge in [0, 0.05) is 11.3 Å². The smallest absolute Gasteiger partial charge is 0.226 e. The molecule has 0 heterocycles. The van der Waals surface area contributed by atoms with Crippen molar-refractivity contribution in [1.82, 2.24) is 5.32 Å². The van der Waals surface area contributed by atoms with Gasteiger partial charge in [-0.05, 0) is 13.3 Å². The molecule has 0 aromatic carbocycles. The minimum Gasteiger partial charge on any atom is -0.343 e. The van der Waals surface area contributed by atoms with Crippen LogP contribution in [0.3, 0.4) is 0 Å². The van der Waals surface area contributed by atoms with Crippen LogP contribution in [0.5, 0.6) is 0 Å². The van der Waals surface area contributed by atoms with Crippen molar-refractivity contribution in [3.8, 4) is 0 Å². The van der Waals surface area contributed by atoms with E-state index in [-0.39, 0.29) is 17.6 Å². The Morgan fingerprint density at radius 2 is 2.00 bits per heavy atom. The van der Waals surface area contributed by atoms with Crippen molar-refractivity contribution in [3.63, 3.8) is 0 Å². The van der Waals surface area contributed by atoms with E-state index in [2.05, 4.69) is 11.9 Å². The van der Waals surface area contributed by atoms with Crippen LogP contribution >= 0.6 is 0 Å². The second-order valence-electron chi connectivity index (χ2n) is 5.28. The normalized spacial score (nSPS) is 29.5. The number of rotatable bonds is 3. The number of hydrogen-bond donors (Lipinski definition) is 1. The maximum absolute atomic E-state index is 11.8. The molecule has 0 unspecified atom stereocenters. The molecule has 0 radical (unpaired) electrons. The van der Waals surface area contributed by atoms with Crippen LogP contribution in [0, 0.1) is 11.3 Å². The fourth-order valence-corrected chi connectivity index (χ4v) is 1.60. The molecular weight excluding hydrogens is 190 g/mol. The molecule has 84 valence electrons. The first-order valence-corrected chi connectivity index (χ1v) is 5.20. The molecule has 15 heavy (non-hydrogen) atoms. The molecule has 1 amide bonds. The molecular formula is C12H19NO2. The Bertz CT molecular complexity index is 314. The van der Waals surface area contributed by atoms with Crippen molar-refractivity contribution in [2.24, 2.45) is 11.3 Å². The number of ketones is 1. The van der Waals surface area contributed by atoms with E-state index >= 15 is 0 Å². The molecule has 1 fully saturated rings. The van der Waals surface area contributed by atoms with E-state index in [4.69, 9.17) is 0 Å². The lowest BCUT2D eigenvalue weighted by Crippen LogP contribution is -2.48. The third kappa shape index (κ3) is 2.11. The summed E-state index contributed by atoms with van der Waals surface area (Å²) in [7, 11) is 0. The van der Waals surface area contributed by atoms with Gasteiger partial charge in [0.2, 0.25) is 5.91 Å². The molecule has 2 atom stereocenters. The lowest BCUT2D eigenvalue weighted by atomic mass is 9.94. The Morgan fingerprint density at radius 3 is 2.27 bits per heavy atom. The molecule has 1 N–H and O–H groups in total. The standard InChI is InChI=1S/C12H19NO2/c1-6-9-7-12(9,8(2)14)13-10(15)11(3,4)5/h6,9H,1,7H2,2-5H3,(H,13,15)/t9-,12+/m0/s1. The largest absolute Gasteiger partial charge is 0.343 e. The van der Waals surface area contributed by atoms with Crippen LogP contribution in [-0.4, -0.2) is 17.2 Å². The second-order valence-corrected chi connectivity index (χ2v) is 5.28. The van der Waals surface area contributed by atoms with Crippen LogP contribution in [0.2, 0.25) is 0 Å². The van der Waals surface area contributed by atoms with Crippen molar-refractivity contribution in [2.75, 3.05) is 0 Å². The quantitative estimate of drug-likeness (QED) is 0.719. The lowest BCUT2D eigenvalue weighted by Gasteiger charge is -2.23. The van der Waals surface area contributed by atoms with Crippen LogP contribution in [-0.2, 0) is 9.59 Å². The summed E-state index contributed by atoms with van der Waals surface area (Å²) in [6, 6.07) is 0. The van der Waals surface area contributed by atoms with Crippen molar-refractivity contribution in [2.45, 2.75) is 39.7 Å². The number of amides is 1. The first-order valence-electron chi connectivity index (χ1n) is 5.20. The molecule has 3 nitrogen and oxygen atoms in total. The summed E-state index contributed by atoms with van der Waals surface area (Å²) in [5.41, 5.74) is -1.12. The highest BCUT2D eigenvalue weighted by Crippen LogP contribution is 2.45. The van der Waals surface area contributed by atoms with Gasteiger partial charge >= 0.3 is 0 Å². The number of Topliss-reactive ketones (excluding diaryl/α,β-unsaturated/α-hetero) is 1. The Balaban J connectivity index is 2.76. The topological polar surface area (TPSA) is 46.2 Å². The number of hydrogen-bond acceptors (Lipinski definition) is 2. The van der Waals surface area contributed by atoms with Gasteiger partial charge in [-0.3, -0.25) is 9.59 Å². The minimum absolute atomic E-state index is 0.0185. The molecule has 0 bridgehead atoms. The number of carbonyl (C=O) groups is 2. The van der Waals surface area contributed by atoms with Gasteiger partial charge in [-0.15, -0.1) is 6.58 Å². The summed E-state index contributed by atoms with van der Waals surface area (Å²) in [6.07, 6.45) is 2.43. The average Bonchev–Trinajstić information content (AvgIpc) is 2.78. The molecule has 0 spiro atoms. The van der Waals surface area contributed by atoms with Gasteiger partial charge in [0.05, 0.1) is 0 Å². The Hall–Kier alpha value is -1.12. The maximum atomic E-state index is 11.8. The molecule has 3 heteroatoms. The van der Waals surface area contributed by atoms with E-state index in [0.29, 0.717) is 6.42 Å². The van der Waals surface area contributed by atoms with Gasteiger partial charge in [-0.2, -0.15) is 0 Å². The third-order valence-electron chi connectivity index (χ3n) is 2.95. The number of nitrogens with one attached hydrogen (secondary N) is 1. The highest BCUT2D eigenvalue weighted by molar-refractivity contribution is 5.96. The maximum Gasteiger partial charge on any atom is 0.226 e. The average molecular weight is 209 g/mol. The Morgan fingerprint density at radius 1 is 1.47 bits per heavy atom. The van der Waals surface area contributed by atoms with Gasteiger partial charge in [0.1, 0.15) is 5.54 Å². The van der Waals surface area contributed by atoms with Crippen LogP contribution in [0.4, 0.5) is 0 Å². The zero-order valence-corrected chi connectivity index (χ0v) is 9.89. The molecule has 1 rings (SSSR count). The molecule has 0 aromatic rings. The third-order valence-corrected chi connectivity index (χ3v) is 2.95. The molecule has 1 aliphatic carbocycles. The van der Waals surface area contributed by atoms with Gasteiger partial charge in [0.15, 0.2) is 5.78 Å². The highest BCUT2D eigenvalue weighted by Gasteiger charge is 2.58. The van der Waals surface area contributed by atoms with E-state index in [1.165, 1.54) is 6.92 Å². The number of carbonyl (C=O) groups excluding carboxylic acids is 2. The predicted octanol–water partition coefficient (Wildman–Crippen LogP) is 1.68. The molecule has 1 saturated carbocycles. The van der Waals surface area contributed by atoms with E-state index in [9.17, 15) is 9.59 Å². The molecule has 0 saturated heterocycles. The Labute approximate surface area is 90.9 Å². The zero-order valence-electron chi connectivity index (χ0n) is 9.89. The summed E-state index contributed by atoms with van der Waals surface area (Å²) in [4.78, 5) is 23.3. The van der Waals surface area contributed by atoms with Gasteiger partial charge < -0.3 is 5.32 Å². The molecule has 1 aliphatic rings. The monoisotopic (exact) mass is 209 g/mol. The van der Waals surface area contributed by atoms with Crippen molar-refractivity contribution < 1.29 is 9.59 Å². The summed E-state index contributed by atoms with van der Waals surface area (Å²) >= 11 is 0. The fraction of sp³-hybridized carbons (Fsp3) is 0.667. The van der Waals surface area contributed by atoms with E-state index < -0.39 is 11.0 Å². The summed E-state index contributed by atoms with van der Waals surface area (Å²) in [5.74, 6) is 0.0355. The van der Waals surface area contributed by atoms with Crippen LogP contribution in [0.1, 0.15) is 34.1 Å². The predicted molar refractivity (Wildman–Crippen MR) is 59.3 cm³/mol. The second kappa shape index (κ2) is 3.47.